The van der Waals surface area contributed by atoms with E-state index < -0.39 is 10.0 Å². The van der Waals surface area contributed by atoms with Crippen molar-refractivity contribution in [2.24, 2.45) is 0 Å². The van der Waals surface area contributed by atoms with Crippen molar-refractivity contribution in [2.45, 2.75) is 18.2 Å². The second-order valence-electron chi connectivity index (χ2n) is 4.79. The fourth-order valence-electron chi connectivity index (χ4n) is 2.27. The van der Waals surface area contributed by atoms with Gasteiger partial charge in [-0.15, -0.1) is 0 Å². The van der Waals surface area contributed by atoms with Crippen molar-refractivity contribution in [3.8, 4) is 0 Å². The van der Waals surface area contributed by atoms with Crippen LogP contribution in [0, 0.1) is 0 Å². The lowest BCUT2D eigenvalue weighted by molar-refractivity contribution is 0.247. The maximum absolute atomic E-state index is 12.4. The van der Waals surface area contributed by atoms with Crippen LogP contribution in [-0.2, 0) is 16.4 Å². The molecule has 1 N–H and O–H groups in total. The molecule has 6 nitrogen and oxygen atoms in total. The molecule has 0 saturated heterocycles. The monoisotopic (exact) mass is 297 g/mol. The quantitative estimate of drug-likeness (QED) is 0.906. The third-order valence-corrected chi connectivity index (χ3v) is 5.14. The Morgan fingerprint density at radius 1 is 1.40 bits per heavy atom. The van der Waals surface area contributed by atoms with Crippen molar-refractivity contribution < 1.29 is 13.2 Å². The Kier molecular flexibility index (Phi) is 4.01. The lowest BCUT2D eigenvalue weighted by Gasteiger charge is -2.22. The molecule has 0 fully saturated rings. The summed E-state index contributed by atoms with van der Waals surface area (Å²) < 4.78 is 25.9. The molecule has 1 aromatic carbocycles. The van der Waals surface area contributed by atoms with Gasteiger partial charge in [-0.05, 0) is 25.0 Å². The number of nitrogens with one attached hydrogen (secondary N) is 1. The standard InChI is InChI=1S/C13H19N3O3S/c1-4-14-13(17)16-9-8-10-6-5-7-11(12(10)16)20(18,19)15(2)3/h5-7H,4,8-9H2,1-3H3,(H,14,17). The van der Waals surface area contributed by atoms with Crippen LogP contribution in [0.15, 0.2) is 23.1 Å². The summed E-state index contributed by atoms with van der Waals surface area (Å²) in [5.41, 5.74) is 1.39. The summed E-state index contributed by atoms with van der Waals surface area (Å²) in [6.07, 6.45) is 0.670. The minimum atomic E-state index is -3.57. The van der Waals surface area contributed by atoms with E-state index in [9.17, 15) is 13.2 Å². The van der Waals surface area contributed by atoms with Gasteiger partial charge in [0.15, 0.2) is 0 Å². The Bertz CT molecular complexity index is 626. The summed E-state index contributed by atoms with van der Waals surface area (Å²) in [6, 6.07) is 4.87. The smallest absolute Gasteiger partial charge is 0.321 e. The molecular weight excluding hydrogens is 278 g/mol. The number of rotatable bonds is 3. The van der Waals surface area contributed by atoms with E-state index in [1.165, 1.54) is 19.0 Å². The van der Waals surface area contributed by atoms with Crippen LogP contribution in [0.5, 0.6) is 0 Å². The van der Waals surface area contributed by atoms with Crippen molar-refractivity contribution in [1.82, 2.24) is 9.62 Å². The molecule has 0 unspecified atom stereocenters. The van der Waals surface area contributed by atoms with E-state index in [-0.39, 0.29) is 10.9 Å². The molecule has 20 heavy (non-hydrogen) atoms. The zero-order chi connectivity index (χ0) is 14.9. The Balaban J connectivity index is 2.54. The van der Waals surface area contributed by atoms with E-state index in [0.717, 1.165) is 9.87 Å². The number of urea groups is 1. The van der Waals surface area contributed by atoms with Gasteiger partial charge in [-0.25, -0.2) is 17.5 Å². The summed E-state index contributed by atoms with van der Waals surface area (Å²) in [5, 5.41) is 2.71. The number of carbonyl (C=O) groups excluding carboxylic acids is 1. The minimum Gasteiger partial charge on any atom is -0.338 e. The fourth-order valence-corrected chi connectivity index (χ4v) is 3.40. The van der Waals surface area contributed by atoms with Gasteiger partial charge in [-0.2, -0.15) is 0 Å². The van der Waals surface area contributed by atoms with Crippen molar-refractivity contribution in [3.05, 3.63) is 23.8 Å². The second-order valence-corrected chi connectivity index (χ2v) is 6.91. The van der Waals surface area contributed by atoms with Crippen LogP contribution < -0.4 is 10.2 Å². The first-order valence-corrected chi connectivity index (χ1v) is 7.93. The van der Waals surface area contributed by atoms with Gasteiger partial charge in [0, 0.05) is 27.2 Å². The highest BCUT2D eigenvalue weighted by Crippen LogP contribution is 2.35. The first kappa shape index (κ1) is 14.8. The van der Waals surface area contributed by atoms with Crippen molar-refractivity contribution in [3.63, 3.8) is 0 Å². The number of amides is 2. The Hall–Kier alpha value is -1.60. The van der Waals surface area contributed by atoms with Gasteiger partial charge in [0.2, 0.25) is 10.0 Å². The first-order valence-electron chi connectivity index (χ1n) is 6.49. The van der Waals surface area contributed by atoms with Gasteiger partial charge in [0.25, 0.3) is 0 Å². The maximum Gasteiger partial charge on any atom is 0.321 e. The topological polar surface area (TPSA) is 69.7 Å². The van der Waals surface area contributed by atoms with E-state index in [4.69, 9.17) is 0 Å². The van der Waals surface area contributed by atoms with Gasteiger partial charge in [-0.3, -0.25) is 4.90 Å². The predicted octanol–water partition coefficient (Wildman–Crippen LogP) is 1.03. The number of sulfonamides is 1. The average molecular weight is 297 g/mol. The number of benzene rings is 1. The number of para-hydroxylation sites is 1. The summed E-state index contributed by atoms with van der Waals surface area (Å²) in [7, 11) is -0.599. The molecule has 2 rings (SSSR count). The molecule has 1 aliphatic heterocycles. The van der Waals surface area contributed by atoms with Crippen LogP contribution in [0.25, 0.3) is 0 Å². The average Bonchev–Trinajstić information content (AvgIpc) is 2.82. The normalized spacial score (nSPS) is 14.5. The highest BCUT2D eigenvalue weighted by atomic mass is 32.2. The fraction of sp³-hybridized carbons (Fsp3) is 0.462. The van der Waals surface area contributed by atoms with Crippen molar-refractivity contribution in [1.29, 1.82) is 0 Å². The predicted molar refractivity (Wildman–Crippen MR) is 77.4 cm³/mol. The lowest BCUT2D eigenvalue weighted by Crippen LogP contribution is -2.39. The molecule has 110 valence electrons. The van der Waals surface area contributed by atoms with Gasteiger partial charge >= 0.3 is 6.03 Å². The molecule has 2 amide bonds. The Labute approximate surface area is 119 Å². The summed E-state index contributed by atoms with van der Waals surface area (Å²) in [4.78, 5) is 13.8. The molecule has 0 spiro atoms. The van der Waals surface area contributed by atoms with Crippen LogP contribution in [0.2, 0.25) is 0 Å². The highest BCUT2D eigenvalue weighted by molar-refractivity contribution is 7.89. The number of hydrogen-bond acceptors (Lipinski definition) is 3. The SMILES string of the molecule is CCNC(=O)N1CCc2cccc(S(=O)(=O)N(C)C)c21. The summed E-state index contributed by atoms with van der Waals surface area (Å²) in [5.74, 6) is 0. The second kappa shape index (κ2) is 5.41. The molecule has 0 bridgehead atoms. The number of anilines is 1. The van der Waals surface area contributed by atoms with Crippen LogP contribution in [0.3, 0.4) is 0 Å². The van der Waals surface area contributed by atoms with E-state index in [1.54, 1.807) is 12.1 Å². The Morgan fingerprint density at radius 2 is 2.10 bits per heavy atom. The molecule has 1 aliphatic rings. The molecule has 0 aliphatic carbocycles. The number of hydrogen-bond donors (Lipinski definition) is 1. The maximum atomic E-state index is 12.4. The van der Waals surface area contributed by atoms with Gasteiger partial charge in [0.1, 0.15) is 4.90 Å². The third kappa shape index (κ3) is 2.38. The molecule has 7 heteroatoms. The number of fused-ring (bicyclic) bond motifs is 1. The lowest BCUT2D eigenvalue weighted by atomic mass is 10.2. The zero-order valence-corrected chi connectivity index (χ0v) is 12.7. The zero-order valence-electron chi connectivity index (χ0n) is 11.9. The van der Waals surface area contributed by atoms with E-state index >= 15 is 0 Å². The third-order valence-electron chi connectivity index (χ3n) is 3.29. The van der Waals surface area contributed by atoms with E-state index in [0.29, 0.717) is 25.2 Å². The molecule has 0 aromatic heterocycles. The van der Waals surface area contributed by atoms with Gasteiger partial charge in [-0.1, -0.05) is 12.1 Å². The molecule has 0 atom stereocenters. The van der Waals surface area contributed by atoms with E-state index in [1.807, 2.05) is 13.0 Å². The van der Waals surface area contributed by atoms with E-state index in [2.05, 4.69) is 5.32 Å². The highest BCUT2D eigenvalue weighted by Gasteiger charge is 2.32. The van der Waals surface area contributed by atoms with Crippen LogP contribution in [0.1, 0.15) is 12.5 Å². The summed E-state index contributed by atoms with van der Waals surface area (Å²) >= 11 is 0. The largest absolute Gasteiger partial charge is 0.338 e. The molecule has 0 saturated carbocycles. The Morgan fingerprint density at radius 3 is 2.70 bits per heavy atom. The molecule has 0 radical (unpaired) electrons. The van der Waals surface area contributed by atoms with Crippen LogP contribution in [0.4, 0.5) is 10.5 Å². The molecule has 1 heterocycles. The molecular formula is C13H19N3O3S. The minimum absolute atomic E-state index is 0.184. The van der Waals surface area contributed by atoms with Gasteiger partial charge < -0.3 is 5.32 Å². The van der Waals surface area contributed by atoms with Crippen LogP contribution >= 0.6 is 0 Å². The van der Waals surface area contributed by atoms with Gasteiger partial charge in [0.05, 0.1) is 5.69 Å². The molecule has 1 aromatic rings. The van der Waals surface area contributed by atoms with Crippen LogP contribution in [-0.4, -0.2) is 45.9 Å². The summed E-state index contributed by atoms with van der Waals surface area (Å²) in [6.45, 7) is 2.84. The first-order chi connectivity index (χ1) is 9.39. The van der Waals surface area contributed by atoms with Crippen molar-refractivity contribution >= 4 is 21.7 Å². The number of nitrogens with zero attached hydrogens (tertiary/aromatic N) is 2. The van der Waals surface area contributed by atoms with Crippen molar-refractivity contribution in [2.75, 3.05) is 32.1 Å². The number of carbonyl (C=O) groups is 1.